The zero-order valence-corrected chi connectivity index (χ0v) is 25.9. The number of nitro benzene ring substituents is 1. The molecule has 0 spiro atoms. The second-order valence-corrected chi connectivity index (χ2v) is 10.2. The molecule has 1 aliphatic heterocycles. The molecule has 15 heteroatoms. The number of nitro groups is 1. The van der Waals surface area contributed by atoms with Crippen LogP contribution in [0, 0.1) is 10.1 Å². The molecule has 2 atom stereocenters. The second kappa shape index (κ2) is 15.6. The largest absolute Gasteiger partial charge is 0.490 e. The Balaban J connectivity index is 1.39. The van der Waals surface area contributed by atoms with Gasteiger partial charge in [0.25, 0.3) is 5.69 Å². The summed E-state index contributed by atoms with van der Waals surface area (Å²) in [5.41, 5.74) is 4.97. The summed E-state index contributed by atoms with van der Waals surface area (Å²) in [6, 6.07) is 14.6. The molecule has 0 radical (unpaired) electrons. The van der Waals surface area contributed by atoms with Crippen LogP contribution < -0.4 is 30.3 Å². The van der Waals surface area contributed by atoms with Crippen molar-refractivity contribution in [2.24, 2.45) is 5.10 Å². The van der Waals surface area contributed by atoms with Crippen LogP contribution in [0.4, 0.5) is 10.5 Å². The van der Waals surface area contributed by atoms with Gasteiger partial charge in [0.1, 0.15) is 19.0 Å². The van der Waals surface area contributed by atoms with Gasteiger partial charge in [-0.3, -0.25) is 15.5 Å². The number of nitrogens with one attached hydrogen (secondary N) is 3. The lowest BCUT2D eigenvalue weighted by Crippen LogP contribution is -2.45. The van der Waals surface area contributed by atoms with E-state index < -0.39 is 29.2 Å². The summed E-state index contributed by atoms with van der Waals surface area (Å²) in [5, 5.41) is 31.2. The number of allylic oxidation sites excluding steroid dienone is 1. The van der Waals surface area contributed by atoms with Crippen LogP contribution in [-0.2, 0) is 16.1 Å². The first-order valence-electron chi connectivity index (χ1n) is 14.0. The number of benzene rings is 3. The minimum atomic E-state index is -1.23. The Morgan fingerprint density at radius 1 is 1.11 bits per heavy atom. The predicted octanol–water partition coefficient (Wildman–Crippen LogP) is 4.35. The van der Waals surface area contributed by atoms with Crippen LogP contribution >= 0.6 is 11.6 Å². The molecule has 3 aromatic rings. The number of rotatable bonds is 14. The quantitative estimate of drug-likeness (QED) is 0.0642. The number of amides is 2. The number of aliphatic hydroxyl groups excluding tert-OH is 1. The first-order chi connectivity index (χ1) is 22.1. The summed E-state index contributed by atoms with van der Waals surface area (Å²) in [7, 11) is 1.26. The van der Waals surface area contributed by atoms with Crippen LogP contribution in [0.15, 0.2) is 77.0 Å². The van der Waals surface area contributed by atoms with Gasteiger partial charge in [-0.15, -0.1) is 0 Å². The van der Waals surface area contributed by atoms with E-state index in [1.54, 1.807) is 62.4 Å². The van der Waals surface area contributed by atoms with Gasteiger partial charge in [0, 0.05) is 28.4 Å². The Labute approximate surface area is 269 Å². The molecular weight excluding hydrogens is 622 g/mol. The summed E-state index contributed by atoms with van der Waals surface area (Å²) in [4.78, 5) is 35.0. The lowest BCUT2D eigenvalue weighted by molar-refractivity contribution is -0.384. The van der Waals surface area contributed by atoms with Gasteiger partial charge < -0.3 is 34.7 Å². The first-order valence-corrected chi connectivity index (χ1v) is 14.4. The standard InChI is InChI=1S/C31H32ClN5O9/c1-4-44-26-14-20(29-28(30(39)43-3)18(2)34-31(40)35-29)7-11-25(26)46-17-27(38)36-33-15-21-13-22(32)8-12-24(21)45-16-19-5-9-23(10-6-19)37(41)42/h5-15,27,29,36,38H,4,16-17H2,1-3H3,(H2,34,35,40)/b33-15+/t27-,29-/m1/s1. The number of non-ortho nitro benzene ring substituents is 1. The predicted molar refractivity (Wildman–Crippen MR) is 168 cm³/mol. The lowest BCUT2D eigenvalue weighted by atomic mass is 9.95. The molecule has 0 unspecified atom stereocenters. The Hall–Kier alpha value is -5.34. The molecule has 0 saturated carbocycles. The Kier molecular flexibility index (Phi) is 11.4. The molecule has 0 aliphatic carbocycles. The number of aliphatic hydroxyl groups is 1. The monoisotopic (exact) mass is 653 g/mol. The van der Waals surface area contributed by atoms with E-state index in [4.69, 9.17) is 30.5 Å². The summed E-state index contributed by atoms with van der Waals surface area (Å²) in [6.45, 7) is 3.63. The van der Waals surface area contributed by atoms with Gasteiger partial charge in [0.2, 0.25) is 0 Å². The van der Waals surface area contributed by atoms with E-state index in [0.717, 1.165) is 5.56 Å². The first kappa shape index (κ1) is 33.6. The molecule has 0 bridgehead atoms. The SMILES string of the molecule is CCOc1cc([C@H]2NC(=O)NC(C)=C2C(=O)OC)ccc1OC[C@@H](O)N/N=C/c1cc(Cl)ccc1OCc1ccc([N+](=O)[O-])cc1. The molecule has 4 N–H and O–H groups in total. The number of hydrogen-bond donors (Lipinski definition) is 4. The highest BCUT2D eigenvalue weighted by molar-refractivity contribution is 6.30. The van der Waals surface area contributed by atoms with Crippen molar-refractivity contribution in [3.05, 3.63) is 104 Å². The third-order valence-corrected chi connectivity index (χ3v) is 6.85. The van der Waals surface area contributed by atoms with Crippen LogP contribution in [-0.4, -0.2) is 54.8 Å². The zero-order chi connectivity index (χ0) is 33.2. The van der Waals surface area contributed by atoms with Crippen LogP contribution in [0.25, 0.3) is 0 Å². The minimum Gasteiger partial charge on any atom is -0.490 e. The fourth-order valence-corrected chi connectivity index (χ4v) is 4.62. The van der Waals surface area contributed by atoms with Crippen LogP contribution in [0.2, 0.25) is 5.02 Å². The molecule has 0 aromatic heterocycles. The lowest BCUT2D eigenvalue weighted by Gasteiger charge is -2.28. The highest BCUT2D eigenvalue weighted by atomic mass is 35.5. The summed E-state index contributed by atoms with van der Waals surface area (Å²) >= 11 is 6.15. The molecule has 0 saturated heterocycles. The number of ether oxygens (including phenoxy) is 4. The number of nitrogens with zero attached hydrogens (tertiary/aromatic N) is 2. The molecule has 14 nitrogen and oxygen atoms in total. The maximum atomic E-state index is 12.4. The van der Waals surface area contributed by atoms with Gasteiger partial charge in [-0.25, -0.2) is 9.59 Å². The van der Waals surface area contributed by atoms with Gasteiger partial charge in [-0.2, -0.15) is 5.10 Å². The average molecular weight is 654 g/mol. The number of hydrazone groups is 1. The molecule has 2 amide bonds. The van der Waals surface area contributed by atoms with Crippen LogP contribution in [0.1, 0.15) is 36.6 Å². The fraction of sp³-hybridized carbons (Fsp3) is 0.258. The molecular formula is C31H32ClN5O9. The molecule has 4 rings (SSSR count). The summed E-state index contributed by atoms with van der Waals surface area (Å²) in [5.74, 6) is 0.502. The number of carbonyl (C=O) groups is 2. The Morgan fingerprint density at radius 3 is 2.54 bits per heavy atom. The number of urea groups is 1. The maximum Gasteiger partial charge on any atom is 0.337 e. The summed E-state index contributed by atoms with van der Waals surface area (Å²) in [6.07, 6.45) is 0.192. The van der Waals surface area contributed by atoms with E-state index in [-0.39, 0.29) is 24.5 Å². The Bertz CT molecular complexity index is 1650. The van der Waals surface area contributed by atoms with Crippen molar-refractivity contribution in [1.82, 2.24) is 16.1 Å². The van der Waals surface area contributed by atoms with E-state index in [9.17, 15) is 24.8 Å². The fourth-order valence-electron chi connectivity index (χ4n) is 4.44. The number of esters is 1. The molecule has 1 aliphatic rings. The Morgan fingerprint density at radius 2 is 1.85 bits per heavy atom. The van der Waals surface area contributed by atoms with Gasteiger partial charge in [-0.1, -0.05) is 17.7 Å². The maximum absolute atomic E-state index is 12.4. The highest BCUT2D eigenvalue weighted by Gasteiger charge is 2.32. The average Bonchev–Trinajstić information content (AvgIpc) is 3.03. The van der Waals surface area contributed by atoms with Crippen molar-refractivity contribution in [2.45, 2.75) is 32.7 Å². The van der Waals surface area contributed by atoms with Crippen molar-refractivity contribution >= 4 is 35.5 Å². The van der Waals surface area contributed by atoms with Crippen molar-refractivity contribution in [2.75, 3.05) is 20.3 Å². The third kappa shape index (κ3) is 8.64. The topological polar surface area (TPSA) is 183 Å². The molecule has 3 aromatic carbocycles. The second-order valence-electron chi connectivity index (χ2n) is 9.81. The van der Waals surface area contributed by atoms with Crippen molar-refractivity contribution in [3.8, 4) is 17.2 Å². The van der Waals surface area contributed by atoms with Gasteiger partial charge in [0.05, 0.1) is 36.5 Å². The van der Waals surface area contributed by atoms with Crippen LogP contribution in [0.3, 0.4) is 0 Å². The van der Waals surface area contributed by atoms with Crippen molar-refractivity contribution in [1.29, 1.82) is 0 Å². The smallest absolute Gasteiger partial charge is 0.337 e. The normalized spacial score (nSPS) is 15.1. The minimum absolute atomic E-state index is 0.0169. The third-order valence-electron chi connectivity index (χ3n) is 6.61. The van der Waals surface area contributed by atoms with Crippen molar-refractivity contribution in [3.63, 3.8) is 0 Å². The van der Waals surface area contributed by atoms with Gasteiger partial charge >= 0.3 is 12.0 Å². The van der Waals surface area contributed by atoms with Crippen LogP contribution in [0.5, 0.6) is 17.2 Å². The van der Waals surface area contributed by atoms with E-state index in [0.29, 0.717) is 45.7 Å². The number of methoxy groups -OCH3 is 1. The van der Waals surface area contributed by atoms with E-state index in [1.807, 2.05) is 0 Å². The van der Waals surface area contributed by atoms with E-state index in [2.05, 4.69) is 21.2 Å². The molecule has 1 heterocycles. The number of carbonyl (C=O) groups excluding carboxylic acids is 2. The van der Waals surface area contributed by atoms with E-state index >= 15 is 0 Å². The summed E-state index contributed by atoms with van der Waals surface area (Å²) < 4.78 is 22.3. The number of hydrogen-bond acceptors (Lipinski definition) is 11. The zero-order valence-electron chi connectivity index (χ0n) is 25.1. The number of halogens is 1. The van der Waals surface area contributed by atoms with E-state index in [1.165, 1.54) is 25.5 Å². The van der Waals surface area contributed by atoms with Gasteiger partial charge in [0.15, 0.2) is 17.7 Å². The molecule has 242 valence electrons. The molecule has 46 heavy (non-hydrogen) atoms. The van der Waals surface area contributed by atoms with Gasteiger partial charge in [-0.05, 0) is 67.4 Å². The van der Waals surface area contributed by atoms with Crippen molar-refractivity contribution < 1.29 is 38.6 Å². The highest BCUT2D eigenvalue weighted by Crippen LogP contribution is 2.35. The molecule has 0 fully saturated rings.